The van der Waals surface area contributed by atoms with Crippen LogP contribution in [0.25, 0.3) is 6.08 Å². The van der Waals surface area contributed by atoms with Crippen molar-refractivity contribution in [3.8, 4) is 5.75 Å². The predicted molar refractivity (Wildman–Crippen MR) is 79.9 cm³/mol. The molecule has 0 radical (unpaired) electrons. The van der Waals surface area contributed by atoms with Crippen molar-refractivity contribution < 1.29 is 19.4 Å². The molecule has 0 aromatic heterocycles. The molecule has 0 spiro atoms. The molecule has 0 saturated carbocycles. The Labute approximate surface area is 127 Å². The fourth-order valence-electron chi connectivity index (χ4n) is 1.87. The van der Waals surface area contributed by atoms with Gasteiger partial charge in [-0.3, -0.25) is 4.79 Å². The molecule has 2 aromatic rings. The van der Waals surface area contributed by atoms with E-state index < -0.39 is 11.9 Å². The maximum atomic E-state index is 12.0. The number of nitrogens with one attached hydrogen (secondary N) is 1. The Morgan fingerprint density at radius 2 is 1.68 bits per heavy atom. The normalized spacial score (nSPS) is 10.9. The lowest BCUT2D eigenvalue weighted by Crippen LogP contribution is -2.35. The second-order valence-corrected chi connectivity index (χ2v) is 4.41. The quantitative estimate of drug-likeness (QED) is 0.841. The van der Waals surface area contributed by atoms with Crippen molar-refractivity contribution in [2.75, 3.05) is 7.11 Å². The minimum Gasteiger partial charge on any atom is -0.543 e. The lowest BCUT2D eigenvalue weighted by Gasteiger charge is -2.12. The molecular formula is C17H14NO4-. The number of ether oxygens (including phenoxy) is 1. The molecule has 0 atom stereocenters. The molecular weight excluding hydrogens is 282 g/mol. The highest BCUT2D eigenvalue weighted by Gasteiger charge is 2.09. The van der Waals surface area contributed by atoms with Crippen LogP contribution in [0.2, 0.25) is 0 Å². The van der Waals surface area contributed by atoms with E-state index in [1.54, 1.807) is 54.6 Å². The molecule has 2 rings (SSSR count). The highest BCUT2D eigenvalue weighted by molar-refractivity contribution is 6.02. The van der Waals surface area contributed by atoms with E-state index in [1.807, 2.05) is 0 Å². The summed E-state index contributed by atoms with van der Waals surface area (Å²) in [5.41, 5.74) is 0.547. The molecule has 0 fully saturated rings. The Hall–Kier alpha value is -3.08. The number of para-hydroxylation sites is 1. The van der Waals surface area contributed by atoms with Crippen LogP contribution in [-0.2, 0) is 4.79 Å². The standard InChI is InChI=1S/C17H15NO4/c1-22-15-10-6-5-9-13(15)11-14(17(20)21)18-16(19)12-7-3-2-4-8-12/h2-11H,1H3,(H,18,19)(H,20,21)/p-1/b14-11+. The van der Waals surface area contributed by atoms with Gasteiger partial charge in [-0.05, 0) is 24.3 Å². The summed E-state index contributed by atoms with van der Waals surface area (Å²) in [7, 11) is 1.48. The van der Waals surface area contributed by atoms with Gasteiger partial charge in [0.1, 0.15) is 5.75 Å². The SMILES string of the molecule is COc1ccccc1/C=C(/NC(=O)c1ccccc1)C(=O)[O-]. The Balaban J connectivity index is 2.29. The van der Waals surface area contributed by atoms with E-state index >= 15 is 0 Å². The van der Waals surface area contributed by atoms with E-state index in [-0.39, 0.29) is 5.70 Å². The summed E-state index contributed by atoms with van der Waals surface area (Å²) in [5, 5.41) is 13.6. The van der Waals surface area contributed by atoms with Crippen LogP contribution in [0.15, 0.2) is 60.3 Å². The van der Waals surface area contributed by atoms with Crippen molar-refractivity contribution >= 4 is 18.0 Å². The first-order valence-corrected chi connectivity index (χ1v) is 6.54. The number of hydrogen-bond donors (Lipinski definition) is 1. The molecule has 0 aliphatic heterocycles. The van der Waals surface area contributed by atoms with Gasteiger partial charge in [-0.25, -0.2) is 0 Å². The number of hydrogen-bond acceptors (Lipinski definition) is 4. The van der Waals surface area contributed by atoms with Crippen LogP contribution in [-0.4, -0.2) is 19.0 Å². The van der Waals surface area contributed by atoms with Gasteiger partial charge in [-0.1, -0.05) is 36.4 Å². The van der Waals surface area contributed by atoms with Crippen molar-refractivity contribution in [1.29, 1.82) is 0 Å². The number of amides is 1. The molecule has 5 heteroatoms. The number of methoxy groups -OCH3 is 1. The molecule has 0 aliphatic rings. The van der Waals surface area contributed by atoms with Gasteiger partial charge in [0, 0.05) is 11.1 Å². The minimum atomic E-state index is -1.48. The second-order valence-electron chi connectivity index (χ2n) is 4.41. The Morgan fingerprint density at radius 3 is 2.32 bits per heavy atom. The summed E-state index contributed by atoms with van der Waals surface area (Å²) in [4.78, 5) is 23.3. The fourth-order valence-corrected chi connectivity index (χ4v) is 1.87. The largest absolute Gasteiger partial charge is 0.543 e. The van der Waals surface area contributed by atoms with E-state index in [4.69, 9.17) is 4.74 Å². The molecule has 0 saturated heterocycles. The molecule has 112 valence electrons. The van der Waals surface area contributed by atoms with Crippen LogP contribution in [0, 0.1) is 0 Å². The fraction of sp³-hybridized carbons (Fsp3) is 0.0588. The molecule has 0 heterocycles. The Bertz CT molecular complexity index is 708. The van der Waals surface area contributed by atoms with Crippen LogP contribution in [0.1, 0.15) is 15.9 Å². The van der Waals surface area contributed by atoms with Gasteiger partial charge in [0.05, 0.1) is 18.8 Å². The van der Waals surface area contributed by atoms with Crippen molar-refractivity contribution in [2.45, 2.75) is 0 Å². The number of carbonyl (C=O) groups is 2. The van der Waals surface area contributed by atoms with Gasteiger partial charge in [0.2, 0.25) is 0 Å². The topological polar surface area (TPSA) is 78.5 Å². The molecule has 0 unspecified atom stereocenters. The smallest absolute Gasteiger partial charge is 0.255 e. The predicted octanol–water partition coefficient (Wildman–Crippen LogP) is 1.22. The van der Waals surface area contributed by atoms with E-state index in [0.29, 0.717) is 16.9 Å². The first-order chi connectivity index (χ1) is 10.6. The van der Waals surface area contributed by atoms with E-state index in [1.165, 1.54) is 13.2 Å². The van der Waals surface area contributed by atoms with Crippen LogP contribution in [0.3, 0.4) is 0 Å². The molecule has 22 heavy (non-hydrogen) atoms. The summed E-state index contributed by atoms with van der Waals surface area (Å²) >= 11 is 0. The molecule has 0 aliphatic carbocycles. The maximum absolute atomic E-state index is 12.0. The van der Waals surface area contributed by atoms with Crippen LogP contribution < -0.4 is 15.2 Å². The van der Waals surface area contributed by atoms with Gasteiger partial charge < -0.3 is 20.0 Å². The number of aliphatic carboxylic acids is 1. The first kappa shape index (κ1) is 15.3. The van der Waals surface area contributed by atoms with Crippen LogP contribution in [0.5, 0.6) is 5.75 Å². The summed E-state index contributed by atoms with van der Waals surface area (Å²) in [6.07, 6.45) is 1.30. The average Bonchev–Trinajstić information content (AvgIpc) is 2.55. The van der Waals surface area contributed by atoms with Crippen LogP contribution >= 0.6 is 0 Å². The van der Waals surface area contributed by atoms with E-state index in [0.717, 1.165) is 0 Å². The van der Waals surface area contributed by atoms with Crippen LogP contribution in [0.4, 0.5) is 0 Å². The summed E-state index contributed by atoms with van der Waals surface area (Å²) < 4.78 is 5.14. The zero-order valence-electron chi connectivity index (χ0n) is 11.9. The third-order valence-electron chi connectivity index (χ3n) is 2.94. The van der Waals surface area contributed by atoms with Gasteiger partial charge >= 0.3 is 0 Å². The zero-order valence-corrected chi connectivity index (χ0v) is 11.9. The summed E-state index contributed by atoms with van der Waals surface area (Å²) in [6.45, 7) is 0. The second kappa shape index (κ2) is 7.08. The zero-order chi connectivity index (χ0) is 15.9. The van der Waals surface area contributed by atoms with Gasteiger partial charge in [-0.2, -0.15) is 0 Å². The molecule has 5 nitrogen and oxygen atoms in total. The number of carboxylic acid groups (broad SMARTS) is 1. The van der Waals surface area contributed by atoms with E-state index in [2.05, 4.69) is 5.32 Å². The van der Waals surface area contributed by atoms with Crippen molar-refractivity contribution in [3.63, 3.8) is 0 Å². The van der Waals surface area contributed by atoms with Crippen molar-refractivity contribution in [1.82, 2.24) is 5.32 Å². The first-order valence-electron chi connectivity index (χ1n) is 6.54. The lowest BCUT2D eigenvalue weighted by atomic mass is 10.1. The Morgan fingerprint density at radius 1 is 1.05 bits per heavy atom. The van der Waals surface area contributed by atoms with Crippen molar-refractivity contribution in [3.05, 3.63) is 71.4 Å². The van der Waals surface area contributed by atoms with Gasteiger partial charge in [-0.15, -0.1) is 0 Å². The molecule has 0 bridgehead atoms. The Kier molecular flexibility index (Phi) is 4.93. The highest BCUT2D eigenvalue weighted by atomic mass is 16.5. The number of benzene rings is 2. The summed E-state index contributed by atoms with van der Waals surface area (Å²) in [5.74, 6) is -1.50. The minimum absolute atomic E-state index is 0.335. The number of carbonyl (C=O) groups excluding carboxylic acids is 2. The third kappa shape index (κ3) is 3.73. The summed E-state index contributed by atoms with van der Waals surface area (Å²) in [6, 6.07) is 15.2. The van der Waals surface area contributed by atoms with E-state index in [9.17, 15) is 14.7 Å². The molecule has 1 amide bonds. The molecule has 2 aromatic carbocycles. The highest BCUT2D eigenvalue weighted by Crippen LogP contribution is 2.19. The average molecular weight is 296 g/mol. The maximum Gasteiger partial charge on any atom is 0.255 e. The third-order valence-corrected chi connectivity index (χ3v) is 2.94. The molecule has 1 N–H and O–H groups in total. The monoisotopic (exact) mass is 296 g/mol. The number of carboxylic acids is 1. The van der Waals surface area contributed by atoms with Crippen molar-refractivity contribution in [2.24, 2.45) is 0 Å². The number of rotatable bonds is 5. The van der Waals surface area contributed by atoms with Gasteiger partial charge in [0.15, 0.2) is 0 Å². The van der Waals surface area contributed by atoms with Gasteiger partial charge in [0.25, 0.3) is 5.91 Å². The lowest BCUT2D eigenvalue weighted by molar-refractivity contribution is -0.299.